The van der Waals surface area contributed by atoms with Gasteiger partial charge in [-0.15, -0.1) is 0 Å². The predicted octanol–water partition coefficient (Wildman–Crippen LogP) is 2.67. The maximum absolute atomic E-state index is 3.78. The Bertz CT molecular complexity index is 331. The number of aryl methyl sites for hydroxylation is 1. The molecule has 12 heavy (non-hydrogen) atoms. The molecule has 1 heterocycles. The molecule has 0 N–H and O–H groups in total. The highest BCUT2D eigenvalue weighted by Gasteiger charge is 2.24. The quantitative estimate of drug-likeness (QED) is 0.565. The van der Waals surface area contributed by atoms with E-state index in [9.17, 15) is 0 Å². The Morgan fingerprint density at radius 3 is 2.42 bits per heavy atom. The van der Waals surface area contributed by atoms with E-state index < -0.39 is 0 Å². The Hall–Kier alpha value is -1.71. The topological polar surface area (TPSA) is 49.4 Å². The van der Waals surface area contributed by atoms with Gasteiger partial charge in [0.25, 0.3) is 0 Å². The number of hydrogen-bond donors (Lipinski definition) is 0. The van der Waals surface area contributed by atoms with Crippen molar-refractivity contribution in [2.75, 3.05) is 0 Å². The average Bonchev–Trinajstić information content (AvgIpc) is 2.57. The third kappa shape index (κ3) is 1.07. The lowest BCUT2D eigenvalue weighted by molar-refractivity contribution is 1.01. The van der Waals surface area contributed by atoms with E-state index in [0.29, 0.717) is 6.17 Å². The van der Waals surface area contributed by atoms with E-state index in [2.05, 4.69) is 20.7 Å². The van der Waals surface area contributed by atoms with Gasteiger partial charge in [0.15, 0.2) is 5.56 Å². The molecule has 0 fully saturated rings. The van der Waals surface area contributed by atoms with E-state index in [1.807, 2.05) is 31.2 Å². The molecular weight excluding hydrogens is 152 g/mol. The van der Waals surface area contributed by atoms with Gasteiger partial charge in [0, 0.05) is 6.92 Å². The summed E-state index contributed by atoms with van der Waals surface area (Å²) in [4.78, 5) is 0. The molecule has 1 aromatic rings. The average molecular weight is 159 g/mol. The van der Waals surface area contributed by atoms with Gasteiger partial charge in [-0.05, 0) is 38.9 Å². The molecule has 0 atom stereocenters. The highest BCUT2D eigenvalue weighted by atomic mass is 15.6. The van der Waals surface area contributed by atoms with Crippen LogP contribution in [-0.4, -0.2) is 0 Å². The number of hydrogen-bond acceptors (Lipinski definition) is 4. The second-order valence-electron chi connectivity index (χ2n) is 2.52. The molecule has 58 valence electrons. The Morgan fingerprint density at radius 2 is 1.75 bits per heavy atom. The van der Waals surface area contributed by atoms with Crippen LogP contribution in [0.15, 0.2) is 44.9 Å². The van der Waals surface area contributed by atoms with E-state index >= 15 is 0 Å². The van der Waals surface area contributed by atoms with Gasteiger partial charge in [-0.25, -0.2) is 0 Å². The van der Waals surface area contributed by atoms with Gasteiger partial charge in [0.05, 0.1) is 11.6 Å². The van der Waals surface area contributed by atoms with Crippen LogP contribution >= 0.6 is 0 Å². The SMILES string of the molecule is Cc1ccccc1[C+]1N=NN=N1. The minimum atomic E-state index is 0.591. The summed E-state index contributed by atoms with van der Waals surface area (Å²) in [5.41, 5.74) is 2.12. The molecule has 1 aromatic carbocycles. The lowest BCUT2D eigenvalue weighted by atomic mass is 10.1. The summed E-state index contributed by atoms with van der Waals surface area (Å²) in [6.07, 6.45) is 0.591. The van der Waals surface area contributed by atoms with Gasteiger partial charge in [0.2, 0.25) is 0 Å². The second-order valence-corrected chi connectivity index (χ2v) is 2.52. The third-order valence-electron chi connectivity index (χ3n) is 1.70. The largest absolute Gasteiger partial charge is 0.314 e. The smallest absolute Gasteiger partial charge is 0.0362 e. The van der Waals surface area contributed by atoms with Crippen molar-refractivity contribution in [3.63, 3.8) is 0 Å². The van der Waals surface area contributed by atoms with E-state index in [1.165, 1.54) is 0 Å². The minimum absolute atomic E-state index is 0.591. The Labute approximate surface area is 70.0 Å². The van der Waals surface area contributed by atoms with Crippen molar-refractivity contribution in [2.45, 2.75) is 6.92 Å². The third-order valence-corrected chi connectivity index (χ3v) is 1.70. The monoisotopic (exact) mass is 159 g/mol. The molecule has 4 heteroatoms. The molecule has 0 spiro atoms. The van der Waals surface area contributed by atoms with Crippen LogP contribution in [0.5, 0.6) is 0 Å². The van der Waals surface area contributed by atoms with E-state index in [1.54, 1.807) is 0 Å². The summed E-state index contributed by atoms with van der Waals surface area (Å²) in [5, 5.41) is 14.4. The van der Waals surface area contributed by atoms with Gasteiger partial charge in [-0.3, -0.25) is 0 Å². The molecule has 4 nitrogen and oxygen atoms in total. The van der Waals surface area contributed by atoms with Crippen LogP contribution in [0.2, 0.25) is 0 Å². The molecule has 2 rings (SSSR count). The van der Waals surface area contributed by atoms with Crippen LogP contribution in [0.4, 0.5) is 0 Å². The van der Waals surface area contributed by atoms with Crippen molar-refractivity contribution in [1.82, 2.24) is 0 Å². The summed E-state index contributed by atoms with van der Waals surface area (Å²) in [5.74, 6) is 0. The maximum atomic E-state index is 3.78. The Morgan fingerprint density at radius 1 is 1.08 bits per heavy atom. The van der Waals surface area contributed by atoms with Crippen LogP contribution in [0.25, 0.3) is 0 Å². The Balaban J connectivity index is 2.39. The van der Waals surface area contributed by atoms with Crippen molar-refractivity contribution < 1.29 is 0 Å². The van der Waals surface area contributed by atoms with E-state index in [-0.39, 0.29) is 0 Å². The van der Waals surface area contributed by atoms with Crippen molar-refractivity contribution in [3.05, 3.63) is 41.6 Å². The summed E-state index contributed by atoms with van der Waals surface area (Å²) < 4.78 is 0. The van der Waals surface area contributed by atoms with E-state index in [4.69, 9.17) is 0 Å². The number of rotatable bonds is 1. The summed E-state index contributed by atoms with van der Waals surface area (Å²) in [7, 11) is 0. The lowest BCUT2D eigenvalue weighted by Gasteiger charge is -1.92. The predicted molar refractivity (Wildman–Crippen MR) is 43.2 cm³/mol. The first kappa shape index (κ1) is 6.97. The fraction of sp³-hybridized carbons (Fsp3) is 0.125. The van der Waals surface area contributed by atoms with Gasteiger partial charge in [-0.1, -0.05) is 0 Å². The highest BCUT2D eigenvalue weighted by molar-refractivity contribution is 5.36. The molecule has 0 amide bonds. The van der Waals surface area contributed by atoms with Crippen molar-refractivity contribution in [3.8, 4) is 0 Å². The van der Waals surface area contributed by atoms with Crippen LogP contribution in [-0.2, 0) is 0 Å². The zero-order valence-corrected chi connectivity index (χ0v) is 6.60. The fourth-order valence-corrected chi connectivity index (χ4v) is 1.08. The molecule has 0 saturated carbocycles. The first-order valence-electron chi connectivity index (χ1n) is 3.62. The van der Waals surface area contributed by atoms with Crippen molar-refractivity contribution >= 4 is 0 Å². The number of benzene rings is 1. The summed E-state index contributed by atoms with van der Waals surface area (Å²) in [6, 6.07) is 7.88. The van der Waals surface area contributed by atoms with Crippen LogP contribution < -0.4 is 0 Å². The molecule has 1 aliphatic heterocycles. The zero-order chi connectivity index (χ0) is 8.39. The van der Waals surface area contributed by atoms with E-state index in [0.717, 1.165) is 11.1 Å². The first-order chi connectivity index (χ1) is 5.88. The minimum Gasteiger partial charge on any atom is -0.0362 e. The molecular formula is C8H7N4+. The van der Waals surface area contributed by atoms with Gasteiger partial charge in [0.1, 0.15) is 0 Å². The first-order valence-corrected chi connectivity index (χ1v) is 3.62. The molecule has 0 radical (unpaired) electrons. The number of nitrogens with zero attached hydrogens (tertiary/aromatic N) is 4. The molecule has 0 aromatic heterocycles. The van der Waals surface area contributed by atoms with Gasteiger partial charge in [-0.2, -0.15) is 0 Å². The van der Waals surface area contributed by atoms with Gasteiger partial charge >= 0.3 is 6.17 Å². The summed E-state index contributed by atoms with van der Waals surface area (Å²) in [6.45, 7) is 2.01. The van der Waals surface area contributed by atoms with Crippen molar-refractivity contribution in [1.29, 1.82) is 0 Å². The zero-order valence-electron chi connectivity index (χ0n) is 6.60. The standard InChI is InChI=1S/C8H7N4/c1-6-4-2-3-5-7(6)8-9-11-12-10-8/h2-5H,1H3/q+1. The summed E-state index contributed by atoms with van der Waals surface area (Å²) >= 11 is 0. The molecule has 0 bridgehead atoms. The van der Waals surface area contributed by atoms with Crippen molar-refractivity contribution in [2.24, 2.45) is 20.7 Å². The Kier molecular flexibility index (Phi) is 1.59. The molecule has 0 saturated heterocycles. The fourth-order valence-electron chi connectivity index (χ4n) is 1.08. The van der Waals surface area contributed by atoms with Crippen LogP contribution in [0, 0.1) is 13.1 Å². The molecule has 0 unspecified atom stereocenters. The highest BCUT2D eigenvalue weighted by Crippen LogP contribution is 2.24. The van der Waals surface area contributed by atoms with Crippen LogP contribution in [0.1, 0.15) is 11.1 Å². The van der Waals surface area contributed by atoms with Crippen LogP contribution in [0.3, 0.4) is 0 Å². The maximum Gasteiger partial charge on any atom is 0.314 e. The second kappa shape index (κ2) is 2.73. The normalized spacial score (nSPS) is 14.2. The lowest BCUT2D eigenvalue weighted by Crippen LogP contribution is -1.92. The molecule has 1 aliphatic rings. The van der Waals surface area contributed by atoms with Gasteiger partial charge < -0.3 is 0 Å². The molecule has 0 aliphatic carbocycles.